The number of carbonyl (C=O) groups excluding carboxylic acids is 1. The molecule has 3 rings (SSSR count). The molecule has 6 nitrogen and oxygen atoms in total. The molecule has 0 bridgehead atoms. The first-order valence-electron chi connectivity index (χ1n) is 7.51. The maximum Gasteiger partial charge on any atom is 0.366 e. The Morgan fingerprint density at radius 3 is 2.81 bits per heavy atom. The highest BCUT2D eigenvalue weighted by atomic mass is 16.7. The molecule has 0 N–H and O–H groups in total. The number of hydrogen-bond acceptors (Lipinski definition) is 6. The summed E-state index contributed by atoms with van der Waals surface area (Å²) < 4.78 is 16.8. The third-order valence-electron chi connectivity index (χ3n) is 3.18. The molecule has 0 saturated heterocycles. The molecule has 0 radical (unpaired) electrons. The first-order chi connectivity index (χ1) is 10.7. The van der Waals surface area contributed by atoms with Crippen molar-refractivity contribution in [2.24, 2.45) is 0 Å². The molecule has 2 aromatic rings. The number of carbonyl (C=O) groups is 1. The van der Waals surface area contributed by atoms with Gasteiger partial charge in [-0.3, -0.25) is 4.98 Å². The first-order valence-corrected chi connectivity index (χ1v) is 6.51. The summed E-state index contributed by atoms with van der Waals surface area (Å²) in [7, 11) is 0. The van der Waals surface area contributed by atoms with E-state index in [-0.39, 0.29) is 5.56 Å². The molecule has 3 heterocycles. The van der Waals surface area contributed by atoms with Crippen LogP contribution in [-0.4, -0.2) is 27.4 Å². The molecule has 1 aliphatic heterocycles. The monoisotopic (exact) mass is 286 g/mol. The lowest BCUT2D eigenvalue weighted by Crippen LogP contribution is -2.31. The number of nitrogens with zero attached hydrogens (tertiary/aromatic N) is 4. The van der Waals surface area contributed by atoms with Gasteiger partial charge in [-0.25, -0.2) is 19.8 Å². The van der Waals surface area contributed by atoms with Crippen LogP contribution in [-0.2, 0) is 10.3 Å². The fourth-order valence-electron chi connectivity index (χ4n) is 2.15. The maximum atomic E-state index is 12.2. The molecule has 2 aromatic heterocycles. The van der Waals surface area contributed by atoms with E-state index in [0.717, 1.165) is 10.8 Å². The van der Waals surface area contributed by atoms with Crippen LogP contribution in [0.3, 0.4) is 0 Å². The van der Waals surface area contributed by atoms with Crippen LogP contribution < -0.4 is 5.06 Å². The zero-order chi connectivity index (χ0) is 16.8. The van der Waals surface area contributed by atoms with Crippen molar-refractivity contribution in [1.82, 2.24) is 15.0 Å². The molecule has 1 aliphatic rings. The average Bonchev–Trinajstić information content (AvgIpc) is 2.66. The second-order valence-electron chi connectivity index (χ2n) is 5.36. The summed E-state index contributed by atoms with van der Waals surface area (Å²) in [5.74, 6) is -0.723. The van der Waals surface area contributed by atoms with Crippen molar-refractivity contribution in [3.05, 3.63) is 47.8 Å². The minimum Gasteiger partial charge on any atom is -0.335 e. The van der Waals surface area contributed by atoms with E-state index in [2.05, 4.69) is 15.0 Å². The fourth-order valence-corrected chi connectivity index (χ4v) is 2.15. The van der Waals surface area contributed by atoms with E-state index in [0.29, 0.717) is 11.4 Å². The molecule has 0 aliphatic carbocycles. The number of anilines is 1. The highest BCUT2D eigenvalue weighted by Gasteiger charge is 2.39. The van der Waals surface area contributed by atoms with Gasteiger partial charge in [-0.1, -0.05) is 13.8 Å². The molecular weight excluding hydrogens is 268 g/mol. The Morgan fingerprint density at radius 2 is 2.10 bits per heavy atom. The van der Waals surface area contributed by atoms with Gasteiger partial charge in [-0.05, 0) is 19.1 Å². The lowest BCUT2D eigenvalue weighted by molar-refractivity contribution is 0.0448. The average molecular weight is 286 g/mol. The van der Waals surface area contributed by atoms with Crippen LogP contribution in [0, 0.1) is 6.92 Å². The number of rotatable bonds is 2. The van der Waals surface area contributed by atoms with Crippen molar-refractivity contribution in [1.29, 1.82) is 0 Å². The number of hydroxylamine groups is 1. The molecule has 0 fully saturated rings. The maximum absolute atomic E-state index is 12.2. The molecule has 0 aromatic carbocycles. The number of aromatic nitrogens is 3. The van der Waals surface area contributed by atoms with Crippen LogP contribution in [0.1, 0.15) is 38.3 Å². The van der Waals surface area contributed by atoms with E-state index in [4.69, 9.17) is 7.58 Å². The van der Waals surface area contributed by atoms with Crippen molar-refractivity contribution in [2.75, 3.05) is 11.6 Å². The summed E-state index contributed by atoms with van der Waals surface area (Å²) in [4.78, 5) is 29.5. The molecule has 0 spiro atoms. The molecule has 108 valence electrons. The van der Waals surface area contributed by atoms with Crippen LogP contribution in [0.2, 0.25) is 0 Å². The van der Waals surface area contributed by atoms with Gasteiger partial charge in [0.15, 0.2) is 0 Å². The van der Waals surface area contributed by atoms with Gasteiger partial charge in [0.2, 0.25) is 0 Å². The number of fused-ring (bicyclic) bond motifs is 1. The smallest absolute Gasteiger partial charge is 0.335 e. The second-order valence-corrected chi connectivity index (χ2v) is 5.36. The number of aryl methyl sites for hydroxylation is 1. The zero-order valence-corrected chi connectivity index (χ0v) is 12.0. The van der Waals surface area contributed by atoms with E-state index < -0.39 is 17.9 Å². The largest absolute Gasteiger partial charge is 0.366 e. The lowest BCUT2D eigenvalue weighted by Gasteiger charge is -2.20. The predicted octanol–water partition coefficient (Wildman–Crippen LogP) is 2.05. The molecule has 21 heavy (non-hydrogen) atoms. The summed E-state index contributed by atoms with van der Waals surface area (Å²) in [6.45, 7) is 3.36. The van der Waals surface area contributed by atoms with Gasteiger partial charge < -0.3 is 4.84 Å². The lowest BCUT2D eigenvalue weighted by atomic mass is 9.91. The Labute approximate surface area is 125 Å². The van der Waals surface area contributed by atoms with Crippen molar-refractivity contribution >= 4 is 11.7 Å². The van der Waals surface area contributed by atoms with Gasteiger partial charge in [0.1, 0.15) is 6.33 Å². The third kappa shape index (κ3) is 2.44. The zero-order valence-electron chi connectivity index (χ0n) is 14.0. The predicted molar refractivity (Wildman–Crippen MR) is 76.8 cm³/mol. The van der Waals surface area contributed by atoms with Crippen molar-refractivity contribution < 1.29 is 12.4 Å². The van der Waals surface area contributed by atoms with Crippen LogP contribution in [0.4, 0.5) is 5.69 Å². The first kappa shape index (κ1) is 11.2. The molecule has 0 saturated carbocycles. The standard InChI is InChI=1S/C15H16N4O2/c1-10-4-5-12-13(18-10)15(2,3)8-19(12)21-14(20)11-6-16-9-17-7-11/h4-7,9H,8H2,1-3H3/i8D2. The number of hydrogen-bond donors (Lipinski definition) is 0. The normalized spacial score (nSPS) is 19.5. The van der Waals surface area contributed by atoms with Crippen molar-refractivity contribution in [3.8, 4) is 0 Å². The SMILES string of the molecule is [2H]C1([2H])N(OC(=O)c2cncnc2)c2ccc(C)nc2C1(C)C. The summed E-state index contributed by atoms with van der Waals surface area (Å²) in [6.07, 6.45) is 3.94. The van der Waals surface area contributed by atoms with Gasteiger partial charge in [-0.2, -0.15) is 0 Å². The summed E-state index contributed by atoms with van der Waals surface area (Å²) in [5, 5.41) is 0.990. The topological polar surface area (TPSA) is 68.2 Å². The molecule has 0 unspecified atom stereocenters. The van der Waals surface area contributed by atoms with Gasteiger partial charge in [-0.15, -0.1) is 0 Å². The summed E-state index contributed by atoms with van der Waals surface area (Å²) >= 11 is 0. The van der Waals surface area contributed by atoms with Crippen LogP contribution >= 0.6 is 0 Å². The van der Waals surface area contributed by atoms with Crippen molar-refractivity contribution in [3.63, 3.8) is 0 Å². The Morgan fingerprint density at radius 1 is 1.38 bits per heavy atom. The van der Waals surface area contributed by atoms with Crippen molar-refractivity contribution in [2.45, 2.75) is 26.2 Å². The molecule has 0 atom stereocenters. The van der Waals surface area contributed by atoms with E-state index in [1.54, 1.807) is 26.0 Å². The number of pyridine rings is 1. The van der Waals surface area contributed by atoms with Crippen LogP contribution in [0.15, 0.2) is 30.9 Å². The Hall–Kier alpha value is -2.50. The fraction of sp³-hybridized carbons (Fsp3) is 0.333. The Bertz CT molecular complexity index is 765. The van der Waals surface area contributed by atoms with Crippen LogP contribution in [0.25, 0.3) is 0 Å². The van der Waals surface area contributed by atoms with Crippen LogP contribution in [0.5, 0.6) is 0 Å². The minimum atomic E-state index is -1.94. The van der Waals surface area contributed by atoms with E-state index in [1.165, 1.54) is 18.7 Å². The Balaban J connectivity index is 2.01. The van der Waals surface area contributed by atoms with Gasteiger partial charge in [0.05, 0.1) is 26.2 Å². The Kier molecular flexibility index (Phi) is 2.56. The van der Waals surface area contributed by atoms with E-state index >= 15 is 0 Å². The highest BCUT2D eigenvalue weighted by Crippen LogP contribution is 2.39. The second kappa shape index (κ2) is 4.80. The van der Waals surface area contributed by atoms with Gasteiger partial charge >= 0.3 is 5.97 Å². The van der Waals surface area contributed by atoms with E-state index in [1.807, 2.05) is 6.92 Å². The third-order valence-corrected chi connectivity index (χ3v) is 3.18. The van der Waals surface area contributed by atoms with Gasteiger partial charge in [0.25, 0.3) is 0 Å². The molecule has 6 heteroatoms. The molecule has 0 amide bonds. The molecular formula is C15H16N4O2. The quantitative estimate of drug-likeness (QED) is 0.841. The summed E-state index contributed by atoms with van der Waals surface area (Å²) in [5.41, 5.74) is 0.976. The minimum absolute atomic E-state index is 0.148. The van der Waals surface area contributed by atoms with Gasteiger partial charge in [0, 0.05) is 23.5 Å². The highest BCUT2D eigenvalue weighted by molar-refractivity contribution is 5.89. The van der Waals surface area contributed by atoms with E-state index in [9.17, 15) is 4.79 Å². The summed E-state index contributed by atoms with van der Waals surface area (Å²) in [6, 6.07) is 3.46.